The zero-order valence-electron chi connectivity index (χ0n) is 17.0. The van der Waals surface area contributed by atoms with Crippen LogP contribution in [0.15, 0.2) is 60.7 Å². The fourth-order valence-corrected chi connectivity index (χ4v) is 4.99. The molecule has 2 aliphatic rings. The highest BCUT2D eigenvalue weighted by Crippen LogP contribution is 2.40. The van der Waals surface area contributed by atoms with Crippen molar-refractivity contribution in [3.8, 4) is 0 Å². The summed E-state index contributed by atoms with van der Waals surface area (Å²) in [5, 5.41) is 27.1. The first-order valence-electron chi connectivity index (χ1n) is 10.7. The maximum Gasteiger partial charge on any atom is 0.299 e. The van der Waals surface area contributed by atoms with Crippen molar-refractivity contribution in [2.24, 2.45) is 0 Å². The minimum absolute atomic E-state index is 0.318. The van der Waals surface area contributed by atoms with Crippen LogP contribution in [0.4, 0.5) is 0 Å². The van der Waals surface area contributed by atoms with Gasteiger partial charge in [0, 0.05) is 36.8 Å². The Morgan fingerprint density at radius 2 is 0.900 bits per heavy atom. The highest BCUT2D eigenvalue weighted by Gasteiger charge is 2.60. The lowest BCUT2D eigenvalue weighted by Crippen LogP contribution is -2.55. The van der Waals surface area contributed by atoms with Crippen molar-refractivity contribution in [2.45, 2.75) is 62.4 Å². The summed E-state index contributed by atoms with van der Waals surface area (Å²) in [5.74, 6) is -0.673. The Hall–Kier alpha value is -3.02. The second-order valence-electron chi connectivity index (χ2n) is 8.41. The molecule has 0 saturated heterocycles. The van der Waals surface area contributed by atoms with Gasteiger partial charge in [-0.1, -0.05) is 60.7 Å². The predicted molar refractivity (Wildman–Crippen MR) is 111 cm³/mol. The van der Waals surface area contributed by atoms with Gasteiger partial charge in [0.2, 0.25) is 11.6 Å². The van der Waals surface area contributed by atoms with E-state index in [9.17, 15) is 20.0 Å². The molecule has 0 bridgehead atoms. The van der Waals surface area contributed by atoms with Gasteiger partial charge in [0.1, 0.15) is 0 Å². The van der Waals surface area contributed by atoms with Gasteiger partial charge in [-0.15, -0.1) is 0 Å². The highest BCUT2D eigenvalue weighted by atomic mass is 16.6. The third-order valence-corrected chi connectivity index (χ3v) is 6.68. The molecule has 0 amide bonds. The summed E-state index contributed by atoms with van der Waals surface area (Å²) in [7, 11) is 0. The number of rotatable bonds is 6. The van der Waals surface area contributed by atoms with Gasteiger partial charge in [-0.25, -0.2) is 0 Å². The summed E-state index contributed by atoms with van der Waals surface area (Å²) in [6, 6.07) is 17.3. The van der Waals surface area contributed by atoms with Crippen LogP contribution in [0.2, 0.25) is 0 Å². The van der Waals surface area contributed by atoms with E-state index in [2.05, 4.69) is 0 Å². The van der Waals surface area contributed by atoms with E-state index in [0.717, 1.165) is 0 Å². The maximum atomic E-state index is 13.6. The van der Waals surface area contributed by atoms with E-state index in [1.165, 1.54) is 0 Å². The molecule has 0 N–H and O–H groups in total. The summed E-state index contributed by atoms with van der Waals surface area (Å²) in [6.07, 6.45) is 4.07. The number of carbonyl (C=O) groups excluding carboxylic acids is 2. The lowest BCUT2D eigenvalue weighted by molar-refractivity contribution is -1.01. The number of carbonyl (C=O) groups is 2. The number of azo groups is 1. The molecular weight excluding hydrogens is 380 g/mol. The maximum absolute atomic E-state index is 13.6. The standard InChI is InChI=1S/C24H26N2O4/c27-21(19-11-3-1-4-12-19)23(15-7-8-16-23)25(29)26(30)24(17-9-10-18-24)22(28)20-13-5-2-6-14-20/h1-6,11-14H,7-10,15-18H2/b26-25-. The van der Waals surface area contributed by atoms with Gasteiger partial charge in [-0.3, -0.25) is 9.59 Å². The molecule has 2 saturated carbocycles. The summed E-state index contributed by atoms with van der Waals surface area (Å²) in [5.41, 5.74) is -2.06. The number of Topliss-reactive ketones (excluding diaryl/α,β-unsaturated/α-hetero) is 2. The molecule has 0 aromatic heterocycles. The average molecular weight is 406 g/mol. The van der Waals surface area contributed by atoms with Crippen LogP contribution in [-0.4, -0.2) is 32.4 Å². The molecule has 0 spiro atoms. The third-order valence-electron chi connectivity index (χ3n) is 6.68. The van der Waals surface area contributed by atoms with Crippen molar-refractivity contribution in [1.29, 1.82) is 0 Å². The summed E-state index contributed by atoms with van der Waals surface area (Å²) in [4.78, 5) is 27.4. The monoisotopic (exact) mass is 406 g/mol. The number of hydrogen-bond donors (Lipinski definition) is 0. The van der Waals surface area contributed by atoms with Crippen molar-refractivity contribution in [3.63, 3.8) is 0 Å². The second-order valence-corrected chi connectivity index (χ2v) is 8.41. The van der Waals surface area contributed by atoms with Gasteiger partial charge in [0.25, 0.3) is 11.1 Å². The van der Waals surface area contributed by atoms with Gasteiger partial charge in [-0.2, -0.15) is 0 Å². The molecule has 0 heterocycles. The Balaban J connectivity index is 1.80. The molecule has 156 valence electrons. The van der Waals surface area contributed by atoms with Gasteiger partial charge in [0.15, 0.2) is 0 Å². The molecule has 2 fully saturated rings. The fourth-order valence-electron chi connectivity index (χ4n) is 4.99. The Kier molecular flexibility index (Phi) is 5.41. The lowest BCUT2D eigenvalue weighted by atomic mass is 9.86. The number of benzene rings is 2. The molecule has 0 atom stereocenters. The van der Waals surface area contributed by atoms with Crippen molar-refractivity contribution in [3.05, 3.63) is 82.2 Å². The van der Waals surface area contributed by atoms with Crippen LogP contribution in [0.3, 0.4) is 0 Å². The van der Waals surface area contributed by atoms with Crippen LogP contribution < -0.4 is 0 Å². The van der Waals surface area contributed by atoms with Gasteiger partial charge in [-0.05, 0) is 25.7 Å². The van der Waals surface area contributed by atoms with Crippen LogP contribution in [0.5, 0.6) is 0 Å². The van der Waals surface area contributed by atoms with Crippen LogP contribution in [-0.2, 0) is 0 Å². The molecule has 0 unspecified atom stereocenters. The molecule has 0 radical (unpaired) electrons. The predicted octanol–water partition coefficient (Wildman–Crippen LogP) is 4.85. The van der Waals surface area contributed by atoms with Crippen molar-refractivity contribution < 1.29 is 19.3 Å². The lowest BCUT2D eigenvalue weighted by Gasteiger charge is -2.28. The number of nitrogens with zero attached hydrogens (tertiary/aromatic N) is 2. The van der Waals surface area contributed by atoms with Crippen molar-refractivity contribution in [1.82, 2.24) is 0 Å². The van der Waals surface area contributed by atoms with E-state index in [0.29, 0.717) is 72.2 Å². The van der Waals surface area contributed by atoms with Gasteiger partial charge in [0.05, 0.1) is 9.72 Å². The van der Waals surface area contributed by atoms with E-state index >= 15 is 0 Å². The highest BCUT2D eigenvalue weighted by molar-refractivity contribution is 6.03. The molecule has 6 heteroatoms. The Morgan fingerprint density at radius 1 is 0.600 bits per heavy atom. The number of hydrogen-bond acceptors (Lipinski definition) is 4. The van der Waals surface area contributed by atoms with Crippen LogP contribution in [0, 0.1) is 10.4 Å². The number of ketones is 2. The van der Waals surface area contributed by atoms with E-state index in [1.54, 1.807) is 60.7 Å². The molecule has 6 nitrogen and oxygen atoms in total. The minimum Gasteiger partial charge on any atom is -0.566 e. The van der Waals surface area contributed by atoms with E-state index in [-0.39, 0.29) is 11.6 Å². The zero-order valence-corrected chi connectivity index (χ0v) is 17.0. The molecule has 4 rings (SSSR count). The van der Waals surface area contributed by atoms with Crippen LogP contribution in [0.1, 0.15) is 72.1 Å². The van der Waals surface area contributed by atoms with Crippen molar-refractivity contribution in [2.75, 3.05) is 0 Å². The molecular formula is C24H26N2O4. The normalized spacial score (nSPS) is 20.5. The first-order chi connectivity index (χ1) is 14.5. The smallest absolute Gasteiger partial charge is 0.299 e. The Bertz CT molecular complexity index is 878. The van der Waals surface area contributed by atoms with Gasteiger partial charge < -0.3 is 10.4 Å². The van der Waals surface area contributed by atoms with E-state index in [1.807, 2.05) is 0 Å². The number of hydroxylamine groups is 2. The second kappa shape index (κ2) is 8.01. The Morgan fingerprint density at radius 3 is 1.20 bits per heavy atom. The van der Waals surface area contributed by atoms with Gasteiger partial charge >= 0.3 is 0 Å². The topological polar surface area (TPSA) is 86.3 Å². The SMILES string of the molecule is O=C(c1ccccc1)C1(/[N+]([O-])=[N+](/[O-])C2(C(=O)c3ccccc3)CCCC2)CCCC1. The summed E-state index contributed by atoms with van der Waals surface area (Å²) in [6.45, 7) is 0. The zero-order chi connectivity index (χ0) is 21.2. The minimum atomic E-state index is -1.45. The van der Waals surface area contributed by atoms with Crippen molar-refractivity contribution >= 4 is 11.6 Å². The first kappa shape index (κ1) is 20.3. The molecule has 2 aromatic rings. The van der Waals surface area contributed by atoms with E-state index in [4.69, 9.17) is 0 Å². The summed E-state index contributed by atoms with van der Waals surface area (Å²) >= 11 is 0. The molecule has 30 heavy (non-hydrogen) atoms. The van der Waals surface area contributed by atoms with Crippen LogP contribution in [0.25, 0.3) is 0 Å². The van der Waals surface area contributed by atoms with Crippen LogP contribution >= 0.6 is 0 Å². The molecule has 0 aliphatic heterocycles. The fraction of sp³-hybridized carbons (Fsp3) is 0.417. The quantitative estimate of drug-likeness (QED) is 0.297. The largest absolute Gasteiger partial charge is 0.566 e. The molecule has 2 aliphatic carbocycles. The summed E-state index contributed by atoms with van der Waals surface area (Å²) < 4.78 is 0. The van der Waals surface area contributed by atoms with E-state index < -0.39 is 11.1 Å². The Labute approximate surface area is 176 Å². The third kappa shape index (κ3) is 3.20. The first-order valence-corrected chi connectivity index (χ1v) is 10.7. The average Bonchev–Trinajstić information content (AvgIpc) is 3.50. The molecule has 2 aromatic carbocycles.